The fourth-order valence-electron chi connectivity index (χ4n) is 5.03. The Labute approximate surface area is 368 Å². The second-order valence-electron chi connectivity index (χ2n) is 17.8. The van der Waals surface area contributed by atoms with Gasteiger partial charge in [-0.05, 0) is 108 Å². The lowest BCUT2D eigenvalue weighted by Crippen LogP contribution is -2.43. The molecule has 0 aliphatic carbocycles. The molecule has 0 saturated heterocycles. The first kappa shape index (κ1) is 52.3. The predicted molar refractivity (Wildman–Crippen MR) is 245 cm³/mol. The third kappa shape index (κ3) is 14.9. The van der Waals surface area contributed by atoms with Crippen molar-refractivity contribution in [2.45, 2.75) is 151 Å². The molecular formula is C45H68Cl2N4O8Si. The lowest BCUT2D eigenvalue weighted by molar-refractivity contribution is 0.112. The van der Waals surface area contributed by atoms with Gasteiger partial charge in [-0.3, -0.25) is 9.59 Å². The van der Waals surface area contributed by atoms with Crippen molar-refractivity contribution in [1.29, 1.82) is 0 Å². The normalized spacial score (nSPS) is 13.0. The van der Waals surface area contributed by atoms with Crippen molar-refractivity contribution in [3.63, 3.8) is 0 Å². The molecule has 2 aromatic heterocycles. The summed E-state index contributed by atoms with van der Waals surface area (Å²) in [6, 6.07) is 15.1. The molecule has 0 amide bonds. The quantitative estimate of drug-likeness (QED) is 0.108. The Balaban J connectivity index is 0.000000418. The highest BCUT2D eigenvalue weighted by Gasteiger charge is 2.37. The lowest BCUT2D eigenvalue weighted by Gasteiger charge is -2.37. The minimum Gasteiger partial charge on any atom is -0.488 e. The number of aliphatic hydroxyl groups excluding tert-OH is 1. The van der Waals surface area contributed by atoms with Crippen LogP contribution in [0, 0.1) is 0 Å². The van der Waals surface area contributed by atoms with Gasteiger partial charge in [-0.15, -0.1) is 0 Å². The molecule has 4 rings (SSSR count). The fourth-order valence-corrected chi connectivity index (χ4v) is 6.43. The van der Waals surface area contributed by atoms with Gasteiger partial charge in [0.05, 0.1) is 36.7 Å². The number of aliphatic hydroxyl groups is 1. The van der Waals surface area contributed by atoms with Crippen molar-refractivity contribution in [2.75, 3.05) is 13.2 Å². The Morgan fingerprint density at radius 2 is 1.03 bits per heavy atom. The summed E-state index contributed by atoms with van der Waals surface area (Å²) in [4.78, 5) is 24.8. The van der Waals surface area contributed by atoms with Gasteiger partial charge in [0.2, 0.25) is 0 Å². The maximum atomic E-state index is 12.5. The lowest BCUT2D eigenvalue weighted by atomic mass is 10.1. The third-order valence-electron chi connectivity index (χ3n) is 9.84. The highest BCUT2D eigenvalue weighted by atomic mass is 35.5. The van der Waals surface area contributed by atoms with Crippen LogP contribution < -0.4 is 30.1 Å². The van der Waals surface area contributed by atoms with Crippen LogP contribution in [-0.4, -0.2) is 58.4 Å². The first-order valence-electron chi connectivity index (χ1n) is 20.0. The predicted octanol–water partition coefficient (Wildman–Crippen LogP) is 10.4. The summed E-state index contributed by atoms with van der Waals surface area (Å²) in [5.74, 6) is 2.00. The Kier molecular flexibility index (Phi) is 19.4. The molecule has 2 atom stereocenters. The maximum absolute atomic E-state index is 12.5. The van der Waals surface area contributed by atoms with E-state index in [9.17, 15) is 14.7 Å². The second kappa shape index (κ2) is 22.3. The summed E-state index contributed by atoms with van der Waals surface area (Å²) in [7, 11) is -1.81. The Bertz CT molecular complexity index is 2050. The fraction of sp³-hybridized carbons (Fsp3) is 0.556. The van der Waals surface area contributed by atoms with Crippen LogP contribution in [0.3, 0.4) is 0 Å². The van der Waals surface area contributed by atoms with Gasteiger partial charge in [0, 0.05) is 0 Å². The molecule has 0 spiro atoms. The monoisotopic (exact) mass is 890 g/mol. The van der Waals surface area contributed by atoms with Gasteiger partial charge < -0.3 is 28.5 Å². The van der Waals surface area contributed by atoms with Gasteiger partial charge in [0.1, 0.15) is 36.9 Å². The topological polar surface area (TPSA) is 136 Å². The van der Waals surface area contributed by atoms with E-state index in [1.165, 1.54) is 21.8 Å². The van der Waals surface area contributed by atoms with Crippen molar-refractivity contribution in [2.24, 2.45) is 0 Å². The van der Waals surface area contributed by atoms with Gasteiger partial charge in [-0.2, -0.15) is 10.2 Å². The van der Waals surface area contributed by atoms with E-state index in [4.69, 9.17) is 46.6 Å². The van der Waals surface area contributed by atoms with Crippen LogP contribution in [0.2, 0.25) is 28.2 Å². The van der Waals surface area contributed by atoms with E-state index in [-0.39, 0.29) is 77.2 Å². The number of halogens is 2. The van der Waals surface area contributed by atoms with E-state index in [0.717, 1.165) is 29.7 Å². The Hall–Kier alpha value is -3.88. The van der Waals surface area contributed by atoms with Crippen LogP contribution in [-0.2, 0) is 28.7 Å². The zero-order valence-corrected chi connectivity index (χ0v) is 39.5. The number of ether oxygens (including phenoxy) is 4. The molecule has 0 radical (unpaired) electrons. The van der Waals surface area contributed by atoms with Crippen molar-refractivity contribution < 1.29 is 28.5 Å². The smallest absolute Gasteiger partial charge is 0.289 e. The molecule has 2 unspecified atom stereocenters. The maximum Gasteiger partial charge on any atom is 0.289 e. The van der Waals surface area contributed by atoms with E-state index >= 15 is 0 Å². The molecule has 12 nitrogen and oxygen atoms in total. The summed E-state index contributed by atoms with van der Waals surface area (Å²) >= 11 is 12.4. The van der Waals surface area contributed by atoms with Crippen LogP contribution >= 0.6 is 23.2 Å². The van der Waals surface area contributed by atoms with Crippen molar-refractivity contribution >= 4 is 31.5 Å². The van der Waals surface area contributed by atoms with E-state index < -0.39 is 19.4 Å². The van der Waals surface area contributed by atoms with Crippen LogP contribution in [0.25, 0.3) is 0 Å². The Morgan fingerprint density at radius 3 is 1.35 bits per heavy atom. The molecule has 1 N–H and O–H groups in total. The van der Waals surface area contributed by atoms with Gasteiger partial charge in [0.15, 0.2) is 29.9 Å². The standard InChI is InChI=1S/C25H39ClN2O4Si.C19H25ClN2O4.CH4/c1-10-19(17-31-33(8,9)25(5,6)7)32-20-13-11-18(12-14-20)16-30-21-15-27-28(24(2,3)4)23(29)22(21)26;1-5-14(11-23)26-15-8-6-13(7-9-15)12-25-16-10-21-22(19(2,3)4)18(24)17(16)20;/h11-15,19H,10,16-17H2,1-9H3;6-10,14,23H,5,11-12H2,1-4H3;1H4. The molecule has 0 aliphatic rings. The number of benzene rings is 2. The summed E-state index contributed by atoms with van der Waals surface area (Å²) in [6.07, 6.45) is 4.33. The number of aromatic nitrogens is 4. The molecule has 334 valence electrons. The van der Waals surface area contributed by atoms with Crippen molar-refractivity contribution in [3.05, 3.63) is 103 Å². The average molecular weight is 892 g/mol. The largest absolute Gasteiger partial charge is 0.488 e. The summed E-state index contributed by atoms with van der Waals surface area (Å²) < 4.78 is 32.2. The van der Waals surface area contributed by atoms with E-state index in [1.54, 1.807) is 0 Å². The number of hydrogen-bond acceptors (Lipinski definition) is 10. The minimum atomic E-state index is -1.81. The SMILES string of the molecule is C.CCC(CO)Oc1ccc(COc2cnn(C(C)(C)C)c(=O)c2Cl)cc1.CCC(CO[Si](C)(C)C(C)(C)C)Oc1ccc(COc2cnn(C(C)(C)C)c(=O)c2Cl)cc1. The number of hydrogen-bond donors (Lipinski definition) is 1. The van der Waals surface area contributed by atoms with Gasteiger partial charge in [-0.25, -0.2) is 9.36 Å². The molecule has 0 aliphatic heterocycles. The molecule has 15 heteroatoms. The first-order chi connectivity index (χ1) is 27.4. The highest BCUT2D eigenvalue weighted by Crippen LogP contribution is 2.37. The highest BCUT2D eigenvalue weighted by molar-refractivity contribution is 6.74. The van der Waals surface area contributed by atoms with Gasteiger partial charge >= 0.3 is 0 Å². The van der Waals surface area contributed by atoms with Gasteiger partial charge in [0.25, 0.3) is 11.1 Å². The van der Waals surface area contributed by atoms with E-state index in [0.29, 0.717) is 12.4 Å². The van der Waals surface area contributed by atoms with Crippen LogP contribution in [0.1, 0.15) is 108 Å². The molecule has 60 heavy (non-hydrogen) atoms. The molecular weight excluding hydrogens is 824 g/mol. The Morgan fingerprint density at radius 1 is 0.667 bits per heavy atom. The molecule has 0 bridgehead atoms. The summed E-state index contributed by atoms with van der Waals surface area (Å²) in [5.41, 5.74) is 0.168. The van der Waals surface area contributed by atoms with Crippen LogP contribution in [0.4, 0.5) is 0 Å². The number of rotatable bonds is 16. The molecule has 2 aromatic carbocycles. The summed E-state index contributed by atoms with van der Waals surface area (Å²) in [6.45, 7) is 27.7. The molecule has 2 heterocycles. The summed E-state index contributed by atoms with van der Waals surface area (Å²) in [5, 5.41) is 17.7. The first-order valence-corrected chi connectivity index (χ1v) is 23.7. The van der Waals surface area contributed by atoms with E-state index in [1.807, 2.05) is 97.0 Å². The molecule has 4 aromatic rings. The van der Waals surface area contributed by atoms with Crippen molar-refractivity contribution in [1.82, 2.24) is 19.6 Å². The minimum absolute atomic E-state index is 0. The van der Waals surface area contributed by atoms with Crippen molar-refractivity contribution in [3.8, 4) is 23.0 Å². The zero-order valence-electron chi connectivity index (χ0n) is 37.0. The van der Waals surface area contributed by atoms with Crippen LogP contribution in [0.5, 0.6) is 23.0 Å². The third-order valence-corrected chi connectivity index (χ3v) is 15.0. The molecule has 0 fully saturated rings. The number of nitrogens with zero attached hydrogens (tertiary/aromatic N) is 4. The zero-order chi connectivity index (χ0) is 44.3. The van der Waals surface area contributed by atoms with E-state index in [2.05, 4.69) is 51.0 Å². The molecule has 0 saturated carbocycles. The second-order valence-corrected chi connectivity index (χ2v) is 23.4. The average Bonchev–Trinajstić information content (AvgIpc) is 3.16. The van der Waals surface area contributed by atoms with Crippen LogP contribution in [0.15, 0.2) is 70.5 Å². The van der Waals surface area contributed by atoms with Gasteiger partial charge in [-0.1, -0.05) is 89.5 Å².